The molecule has 25 heavy (non-hydrogen) atoms. The van der Waals surface area contributed by atoms with Crippen LogP contribution in [-0.4, -0.2) is 35.5 Å². The smallest absolute Gasteiger partial charge is 0.240 e. The van der Waals surface area contributed by atoms with Gasteiger partial charge in [-0.25, -0.2) is 26.3 Å². The summed E-state index contributed by atoms with van der Waals surface area (Å²) in [5.41, 5.74) is 5.76. The molecule has 2 unspecified atom stereocenters. The summed E-state index contributed by atoms with van der Waals surface area (Å²) in [4.78, 5) is -0.0613. The van der Waals surface area contributed by atoms with E-state index in [0.29, 0.717) is 6.54 Å². The van der Waals surface area contributed by atoms with Crippen LogP contribution in [0, 0.1) is 5.92 Å². The van der Waals surface area contributed by atoms with Crippen LogP contribution in [0.25, 0.3) is 0 Å². The second kappa shape index (κ2) is 7.32. The van der Waals surface area contributed by atoms with Crippen molar-refractivity contribution in [1.29, 1.82) is 0 Å². The maximum absolute atomic E-state index is 12.7. The van der Waals surface area contributed by atoms with Crippen molar-refractivity contribution in [3.8, 4) is 0 Å². The first-order valence-corrected chi connectivity index (χ1v) is 11.6. The monoisotopic (exact) mass is 387 g/mol. The van der Waals surface area contributed by atoms with Crippen LogP contribution in [0.15, 0.2) is 34.1 Å². The van der Waals surface area contributed by atoms with Gasteiger partial charge in [0.15, 0.2) is 0 Å². The number of nitrogens with one attached hydrogen (secondary N) is 2. The molecule has 140 valence electrons. The van der Waals surface area contributed by atoms with Crippen LogP contribution in [0.2, 0.25) is 0 Å². The van der Waals surface area contributed by atoms with E-state index in [0.717, 1.165) is 38.5 Å². The number of nitrogens with two attached hydrogens (primary N) is 1. The molecule has 0 spiro atoms. The first-order valence-electron chi connectivity index (χ1n) is 8.66. The Morgan fingerprint density at radius 3 is 2.12 bits per heavy atom. The zero-order valence-electron chi connectivity index (χ0n) is 14.0. The SMILES string of the molecule is NCC1CCCCC1NS(=O)(=O)c1cccc(S(=O)(=O)NC2CC2)c1. The Balaban J connectivity index is 1.81. The van der Waals surface area contributed by atoms with E-state index in [4.69, 9.17) is 5.73 Å². The minimum atomic E-state index is -3.80. The van der Waals surface area contributed by atoms with E-state index in [-0.39, 0.29) is 27.8 Å². The van der Waals surface area contributed by atoms with Gasteiger partial charge in [0.2, 0.25) is 20.0 Å². The van der Waals surface area contributed by atoms with Gasteiger partial charge < -0.3 is 5.73 Å². The van der Waals surface area contributed by atoms with Crippen molar-refractivity contribution in [2.75, 3.05) is 6.54 Å². The fourth-order valence-electron chi connectivity index (χ4n) is 3.21. The molecular weight excluding hydrogens is 362 g/mol. The van der Waals surface area contributed by atoms with Crippen molar-refractivity contribution in [3.63, 3.8) is 0 Å². The summed E-state index contributed by atoms with van der Waals surface area (Å²) in [6, 6.07) is 5.26. The van der Waals surface area contributed by atoms with Crippen molar-refractivity contribution in [2.45, 2.75) is 60.4 Å². The predicted octanol–water partition coefficient (Wildman–Crippen LogP) is 0.923. The number of hydrogen-bond acceptors (Lipinski definition) is 5. The van der Waals surface area contributed by atoms with Gasteiger partial charge in [-0.1, -0.05) is 18.9 Å². The predicted molar refractivity (Wildman–Crippen MR) is 94.9 cm³/mol. The highest BCUT2D eigenvalue weighted by atomic mass is 32.2. The Morgan fingerprint density at radius 2 is 1.52 bits per heavy atom. The Labute approximate surface area is 149 Å². The van der Waals surface area contributed by atoms with E-state index >= 15 is 0 Å². The first kappa shape index (κ1) is 18.8. The van der Waals surface area contributed by atoms with Gasteiger partial charge in [-0.3, -0.25) is 0 Å². The molecule has 0 heterocycles. The normalized spacial score (nSPS) is 25.0. The van der Waals surface area contributed by atoms with Crippen LogP contribution in [0.3, 0.4) is 0 Å². The molecule has 0 bridgehead atoms. The second-order valence-electron chi connectivity index (χ2n) is 6.88. The lowest BCUT2D eigenvalue weighted by Gasteiger charge is -2.31. The molecule has 3 rings (SSSR count). The highest BCUT2D eigenvalue weighted by molar-refractivity contribution is 7.90. The van der Waals surface area contributed by atoms with Gasteiger partial charge in [0.05, 0.1) is 9.79 Å². The van der Waals surface area contributed by atoms with Gasteiger partial charge in [0, 0.05) is 12.1 Å². The van der Waals surface area contributed by atoms with Crippen molar-refractivity contribution < 1.29 is 16.8 Å². The molecule has 0 radical (unpaired) electrons. The standard InChI is InChI=1S/C16H25N3O4S2/c17-11-12-4-1-2-7-16(12)19-25(22,23)15-6-3-5-14(10-15)24(20,21)18-13-8-9-13/h3,5-6,10,12-13,16,18-19H,1-2,4,7-9,11,17H2. The molecule has 0 aromatic heterocycles. The summed E-state index contributed by atoms with van der Waals surface area (Å²) in [6.45, 7) is 0.437. The summed E-state index contributed by atoms with van der Waals surface area (Å²) < 4.78 is 55.3. The second-order valence-corrected chi connectivity index (χ2v) is 10.3. The Kier molecular flexibility index (Phi) is 5.50. The number of benzene rings is 1. The topological polar surface area (TPSA) is 118 Å². The van der Waals surface area contributed by atoms with Crippen LogP contribution in [0.5, 0.6) is 0 Å². The zero-order chi connectivity index (χ0) is 18.1. The van der Waals surface area contributed by atoms with Gasteiger partial charge in [-0.05, 0) is 56.3 Å². The van der Waals surface area contributed by atoms with E-state index in [1.165, 1.54) is 24.3 Å². The van der Waals surface area contributed by atoms with Crippen LogP contribution in [-0.2, 0) is 20.0 Å². The molecule has 0 amide bonds. The molecule has 9 heteroatoms. The highest BCUT2D eigenvalue weighted by Crippen LogP contribution is 2.26. The maximum atomic E-state index is 12.7. The fraction of sp³-hybridized carbons (Fsp3) is 0.625. The molecule has 1 aromatic rings. The molecule has 7 nitrogen and oxygen atoms in total. The van der Waals surface area contributed by atoms with Gasteiger partial charge in [0.25, 0.3) is 0 Å². The molecule has 2 aliphatic carbocycles. The van der Waals surface area contributed by atoms with Gasteiger partial charge in [-0.15, -0.1) is 0 Å². The fourth-order valence-corrected chi connectivity index (χ4v) is 6.02. The molecule has 2 fully saturated rings. The number of hydrogen-bond donors (Lipinski definition) is 3. The molecule has 2 atom stereocenters. The number of sulfonamides is 2. The lowest BCUT2D eigenvalue weighted by molar-refractivity contribution is 0.296. The quantitative estimate of drug-likeness (QED) is 0.643. The lowest BCUT2D eigenvalue weighted by Crippen LogP contribution is -2.44. The van der Waals surface area contributed by atoms with Crippen LogP contribution in [0.4, 0.5) is 0 Å². The van der Waals surface area contributed by atoms with Crippen molar-refractivity contribution in [1.82, 2.24) is 9.44 Å². The van der Waals surface area contributed by atoms with Crippen molar-refractivity contribution in [3.05, 3.63) is 24.3 Å². The molecule has 0 saturated heterocycles. The molecule has 0 aliphatic heterocycles. The van der Waals surface area contributed by atoms with Crippen LogP contribution < -0.4 is 15.2 Å². The summed E-state index contributed by atoms with van der Waals surface area (Å²) in [6.07, 6.45) is 5.32. The van der Waals surface area contributed by atoms with Gasteiger partial charge >= 0.3 is 0 Å². The lowest BCUT2D eigenvalue weighted by atomic mass is 9.85. The molecule has 2 saturated carbocycles. The Hall–Kier alpha value is -1.00. The Morgan fingerprint density at radius 1 is 0.920 bits per heavy atom. The van der Waals surface area contributed by atoms with Crippen molar-refractivity contribution >= 4 is 20.0 Å². The minimum Gasteiger partial charge on any atom is -0.330 e. The van der Waals surface area contributed by atoms with Gasteiger partial charge in [0.1, 0.15) is 0 Å². The van der Waals surface area contributed by atoms with Crippen LogP contribution >= 0.6 is 0 Å². The van der Waals surface area contributed by atoms with E-state index < -0.39 is 20.0 Å². The molecule has 4 N–H and O–H groups in total. The highest BCUT2D eigenvalue weighted by Gasteiger charge is 2.31. The average Bonchev–Trinajstić information content (AvgIpc) is 3.38. The Bertz CT molecular complexity index is 820. The summed E-state index contributed by atoms with van der Waals surface area (Å²) >= 11 is 0. The van der Waals surface area contributed by atoms with E-state index in [1.54, 1.807) is 0 Å². The van der Waals surface area contributed by atoms with Crippen molar-refractivity contribution in [2.24, 2.45) is 11.7 Å². The third kappa shape index (κ3) is 4.59. The first-order chi connectivity index (χ1) is 11.8. The third-order valence-corrected chi connectivity index (χ3v) is 7.85. The van der Waals surface area contributed by atoms with E-state index in [9.17, 15) is 16.8 Å². The molecule has 2 aliphatic rings. The zero-order valence-corrected chi connectivity index (χ0v) is 15.7. The average molecular weight is 388 g/mol. The minimum absolute atomic E-state index is 0.0266. The van der Waals surface area contributed by atoms with E-state index in [1.807, 2.05) is 0 Å². The molecular formula is C16H25N3O4S2. The maximum Gasteiger partial charge on any atom is 0.240 e. The van der Waals surface area contributed by atoms with Gasteiger partial charge in [-0.2, -0.15) is 0 Å². The summed E-state index contributed by atoms with van der Waals surface area (Å²) in [5, 5.41) is 0. The summed E-state index contributed by atoms with van der Waals surface area (Å²) in [5.74, 6) is 0.118. The summed E-state index contributed by atoms with van der Waals surface area (Å²) in [7, 11) is -7.49. The largest absolute Gasteiger partial charge is 0.330 e. The number of rotatable bonds is 7. The van der Waals surface area contributed by atoms with Crippen LogP contribution in [0.1, 0.15) is 38.5 Å². The third-order valence-electron chi connectivity index (χ3n) is 4.84. The van der Waals surface area contributed by atoms with E-state index in [2.05, 4.69) is 9.44 Å². The molecule has 1 aromatic carbocycles.